The lowest BCUT2D eigenvalue weighted by Gasteiger charge is -2.18. The second kappa shape index (κ2) is 8.96. The van der Waals surface area contributed by atoms with Crippen molar-refractivity contribution in [3.8, 4) is 0 Å². The molecule has 2 unspecified atom stereocenters. The van der Waals surface area contributed by atoms with Crippen LogP contribution in [0.3, 0.4) is 0 Å². The molecule has 2 N–H and O–H groups in total. The Labute approximate surface area is 147 Å². The van der Waals surface area contributed by atoms with Crippen molar-refractivity contribution >= 4 is 17.6 Å². The Balaban J connectivity index is 1.89. The summed E-state index contributed by atoms with van der Waals surface area (Å²) in [6.07, 6.45) is 2.01. The van der Waals surface area contributed by atoms with Gasteiger partial charge in [0.2, 0.25) is 0 Å². The van der Waals surface area contributed by atoms with Gasteiger partial charge in [0.1, 0.15) is 12.2 Å². The first-order valence-electron chi connectivity index (χ1n) is 8.44. The van der Waals surface area contributed by atoms with Gasteiger partial charge in [-0.3, -0.25) is 14.7 Å². The zero-order valence-corrected chi connectivity index (χ0v) is 14.8. The van der Waals surface area contributed by atoms with Crippen LogP contribution in [-0.4, -0.2) is 33.2 Å². The number of aryl methyl sites for hydroxylation is 1. The molecule has 0 saturated heterocycles. The average Bonchev–Trinajstić information content (AvgIpc) is 3.13. The fourth-order valence-corrected chi connectivity index (χ4v) is 2.38. The largest absolute Gasteiger partial charge is 0.453 e. The van der Waals surface area contributed by atoms with Crippen molar-refractivity contribution in [1.29, 1.82) is 0 Å². The highest BCUT2D eigenvalue weighted by Gasteiger charge is 2.19. The van der Waals surface area contributed by atoms with Crippen LogP contribution in [0.4, 0.5) is 5.69 Å². The molecule has 134 valence electrons. The van der Waals surface area contributed by atoms with E-state index >= 15 is 0 Å². The summed E-state index contributed by atoms with van der Waals surface area (Å²) >= 11 is 0. The number of hydrogen-bond donors (Lipinski definition) is 2. The molecule has 7 nitrogen and oxygen atoms in total. The maximum atomic E-state index is 12.3. The highest BCUT2D eigenvalue weighted by molar-refractivity contribution is 5.95. The summed E-state index contributed by atoms with van der Waals surface area (Å²) in [6.45, 7) is 5.77. The van der Waals surface area contributed by atoms with E-state index in [1.54, 1.807) is 6.92 Å². The fourth-order valence-electron chi connectivity index (χ4n) is 2.38. The first-order chi connectivity index (χ1) is 12.0. The third-order valence-corrected chi connectivity index (χ3v) is 4.07. The van der Waals surface area contributed by atoms with Gasteiger partial charge in [0.15, 0.2) is 6.10 Å². The lowest BCUT2D eigenvalue weighted by Crippen LogP contribution is -2.30. The topological polar surface area (TPSA) is 97.0 Å². The number of aromatic amines is 1. The third kappa shape index (κ3) is 5.41. The smallest absolute Gasteiger partial charge is 0.307 e. The zero-order chi connectivity index (χ0) is 18.2. The van der Waals surface area contributed by atoms with Crippen LogP contribution >= 0.6 is 0 Å². The monoisotopic (exact) mass is 344 g/mol. The lowest BCUT2D eigenvalue weighted by atomic mass is 9.97. The summed E-state index contributed by atoms with van der Waals surface area (Å²) in [5, 5.41) is 9.24. The number of carbonyl (C=O) groups excluding carboxylic acids is 2. The maximum absolute atomic E-state index is 12.3. The molecule has 1 amide bonds. The number of aromatic nitrogens is 3. The number of carbonyl (C=O) groups is 2. The first-order valence-corrected chi connectivity index (χ1v) is 8.44. The molecular weight excluding hydrogens is 320 g/mol. The van der Waals surface area contributed by atoms with Crippen LogP contribution in [0.25, 0.3) is 0 Å². The van der Waals surface area contributed by atoms with Crippen LogP contribution in [0.5, 0.6) is 0 Å². The number of esters is 1. The van der Waals surface area contributed by atoms with Gasteiger partial charge in [-0.2, -0.15) is 5.10 Å². The predicted octanol–water partition coefficient (Wildman–Crippen LogP) is 2.82. The predicted molar refractivity (Wildman–Crippen MR) is 94.0 cm³/mol. The van der Waals surface area contributed by atoms with E-state index in [2.05, 4.69) is 34.3 Å². The minimum absolute atomic E-state index is 0.135. The van der Waals surface area contributed by atoms with Crippen LogP contribution in [0.2, 0.25) is 0 Å². The standard InChI is InChI=1S/C18H24N4O3/c1-4-12(2)14-7-5-6-8-15(14)21-18(24)13(3)25-17(23)10-9-16-19-11-20-22-16/h5-8,11-13H,4,9-10H2,1-3H3,(H,21,24)(H,19,20,22). The van der Waals surface area contributed by atoms with Gasteiger partial charge in [0.05, 0.1) is 6.42 Å². The Bertz CT molecular complexity index is 700. The van der Waals surface area contributed by atoms with E-state index in [0.717, 1.165) is 17.7 Å². The second-order valence-electron chi connectivity index (χ2n) is 5.95. The van der Waals surface area contributed by atoms with Gasteiger partial charge in [-0.05, 0) is 30.9 Å². The molecule has 1 aromatic carbocycles. The summed E-state index contributed by atoms with van der Waals surface area (Å²) in [5.41, 5.74) is 1.83. The van der Waals surface area contributed by atoms with E-state index in [4.69, 9.17) is 4.74 Å². The first kappa shape index (κ1) is 18.6. The van der Waals surface area contributed by atoms with Crippen molar-refractivity contribution in [1.82, 2.24) is 15.2 Å². The fraction of sp³-hybridized carbons (Fsp3) is 0.444. The number of amides is 1. The van der Waals surface area contributed by atoms with E-state index in [0.29, 0.717) is 18.2 Å². The number of ether oxygens (including phenoxy) is 1. The van der Waals surface area contributed by atoms with Gasteiger partial charge in [-0.1, -0.05) is 32.0 Å². The van der Waals surface area contributed by atoms with Crippen LogP contribution in [-0.2, 0) is 20.7 Å². The second-order valence-corrected chi connectivity index (χ2v) is 5.95. The van der Waals surface area contributed by atoms with Crippen LogP contribution in [0.15, 0.2) is 30.6 Å². The molecule has 2 aromatic rings. The Kier molecular flexibility index (Phi) is 6.68. The summed E-state index contributed by atoms with van der Waals surface area (Å²) in [7, 11) is 0. The molecule has 1 aromatic heterocycles. The number of H-pyrrole nitrogens is 1. The van der Waals surface area contributed by atoms with Crippen LogP contribution in [0, 0.1) is 0 Å². The molecule has 0 aliphatic rings. The van der Waals surface area contributed by atoms with E-state index in [1.165, 1.54) is 6.33 Å². The number of hydrogen-bond acceptors (Lipinski definition) is 5. The summed E-state index contributed by atoms with van der Waals surface area (Å²) in [4.78, 5) is 28.1. The molecule has 0 spiro atoms. The minimum atomic E-state index is -0.868. The average molecular weight is 344 g/mol. The van der Waals surface area contributed by atoms with Crippen molar-refractivity contribution < 1.29 is 14.3 Å². The van der Waals surface area contributed by atoms with Gasteiger partial charge in [-0.15, -0.1) is 0 Å². The summed E-state index contributed by atoms with van der Waals surface area (Å²) in [6, 6.07) is 7.68. The molecule has 25 heavy (non-hydrogen) atoms. The quantitative estimate of drug-likeness (QED) is 0.718. The van der Waals surface area contributed by atoms with Gasteiger partial charge in [0, 0.05) is 12.1 Å². The molecule has 0 saturated carbocycles. The number of para-hydroxylation sites is 1. The Morgan fingerprint density at radius 3 is 2.72 bits per heavy atom. The molecule has 0 bridgehead atoms. The van der Waals surface area contributed by atoms with E-state index in [9.17, 15) is 9.59 Å². The van der Waals surface area contributed by atoms with E-state index in [-0.39, 0.29) is 12.3 Å². The molecule has 2 rings (SSSR count). The van der Waals surface area contributed by atoms with Gasteiger partial charge < -0.3 is 10.1 Å². The molecular formula is C18H24N4O3. The van der Waals surface area contributed by atoms with Crippen molar-refractivity contribution in [2.24, 2.45) is 0 Å². The maximum Gasteiger partial charge on any atom is 0.307 e. The van der Waals surface area contributed by atoms with Crippen LogP contribution in [0.1, 0.15) is 50.9 Å². The Morgan fingerprint density at radius 2 is 2.04 bits per heavy atom. The van der Waals surface area contributed by atoms with Crippen molar-refractivity contribution in [2.45, 2.75) is 52.1 Å². The number of nitrogens with one attached hydrogen (secondary N) is 2. The minimum Gasteiger partial charge on any atom is -0.453 e. The van der Waals surface area contributed by atoms with Crippen molar-refractivity contribution in [3.63, 3.8) is 0 Å². The van der Waals surface area contributed by atoms with Gasteiger partial charge in [-0.25, -0.2) is 4.98 Å². The number of rotatable bonds is 8. The highest BCUT2D eigenvalue weighted by Crippen LogP contribution is 2.26. The molecule has 0 fully saturated rings. The molecule has 1 heterocycles. The zero-order valence-electron chi connectivity index (χ0n) is 14.8. The molecule has 0 radical (unpaired) electrons. The summed E-state index contributed by atoms with van der Waals surface area (Å²) < 4.78 is 5.20. The normalized spacial score (nSPS) is 13.1. The van der Waals surface area contributed by atoms with Crippen LogP contribution < -0.4 is 5.32 Å². The lowest BCUT2D eigenvalue weighted by molar-refractivity contribution is -0.153. The van der Waals surface area contributed by atoms with Crippen molar-refractivity contribution in [2.75, 3.05) is 5.32 Å². The van der Waals surface area contributed by atoms with E-state index in [1.807, 2.05) is 24.3 Å². The highest BCUT2D eigenvalue weighted by atomic mass is 16.5. The number of nitrogens with zero attached hydrogens (tertiary/aromatic N) is 2. The van der Waals surface area contributed by atoms with Gasteiger partial charge >= 0.3 is 5.97 Å². The SMILES string of the molecule is CCC(C)c1ccccc1NC(=O)C(C)OC(=O)CCc1ncn[nH]1. The van der Waals surface area contributed by atoms with Crippen molar-refractivity contribution in [3.05, 3.63) is 42.0 Å². The Morgan fingerprint density at radius 1 is 1.28 bits per heavy atom. The number of benzene rings is 1. The molecule has 2 atom stereocenters. The molecule has 7 heteroatoms. The summed E-state index contributed by atoms with van der Waals surface area (Å²) in [5.74, 6) is 0.144. The van der Waals surface area contributed by atoms with Gasteiger partial charge in [0.25, 0.3) is 5.91 Å². The third-order valence-electron chi connectivity index (χ3n) is 4.07. The molecule has 0 aliphatic carbocycles. The van der Waals surface area contributed by atoms with E-state index < -0.39 is 12.1 Å². The Hall–Kier alpha value is -2.70. The molecule has 0 aliphatic heterocycles. The number of anilines is 1.